The Balaban J connectivity index is 2.05. The third kappa shape index (κ3) is 3.71. The number of ether oxygens (including phenoxy) is 1. The lowest BCUT2D eigenvalue weighted by atomic mass is 10.1. The van der Waals surface area contributed by atoms with Crippen molar-refractivity contribution in [3.05, 3.63) is 64.7 Å². The Morgan fingerprint density at radius 1 is 1.21 bits per heavy atom. The number of halogens is 1. The zero-order valence-electron chi connectivity index (χ0n) is 10.1. The number of nitrogens with one attached hydrogen (secondary N) is 1. The maximum Gasteiger partial charge on any atom is 0.265 e. The van der Waals surface area contributed by atoms with Gasteiger partial charge >= 0.3 is 0 Å². The van der Waals surface area contributed by atoms with Crippen molar-refractivity contribution in [2.75, 3.05) is 0 Å². The van der Waals surface area contributed by atoms with Crippen molar-refractivity contribution in [2.24, 2.45) is 5.84 Å². The lowest BCUT2D eigenvalue weighted by molar-refractivity contribution is 0.0953. The maximum atomic E-state index is 11.4. The summed E-state index contributed by atoms with van der Waals surface area (Å²) in [6.45, 7) is 0.353. The highest BCUT2D eigenvalue weighted by atomic mass is 35.5. The standard InChI is InChI=1S/C14H13ClN2O2/c15-12-5-2-6-13(8-12)19-9-10-3-1-4-11(7-10)14(18)17-16/h1-8H,9,16H2,(H,17,18). The van der Waals surface area contributed by atoms with E-state index in [1.807, 2.05) is 18.2 Å². The first-order valence-electron chi connectivity index (χ1n) is 5.67. The molecule has 3 N–H and O–H groups in total. The number of hydrogen-bond acceptors (Lipinski definition) is 3. The number of carbonyl (C=O) groups excluding carboxylic acids is 1. The molecule has 0 unspecified atom stereocenters. The van der Waals surface area contributed by atoms with E-state index in [9.17, 15) is 4.79 Å². The van der Waals surface area contributed by atoms with Crippen LogP contribution in [0.4, 0.5) is 0 Å². The summed E-state index contributed by atoms with van der Waals surface area (Å²) in [5.74, 6) is 5.44. The van der Waals surface area contributed by atoms with E-state index < -0.39 is 0 Å². The van der Waals surface area contributed by atoms with Gasteiger partial charge in [0.05, 0.1) is 0 Å². The van der Waals surface area contributed by atoms with E-state index in [-0.39, 0.29) is 5.91 Å². The topological polar surface area (TPSA) is 64.3 Å². The second-order valence-electron chi connectivity index (χ2n) is 3.92. The van der Waals surface area contributed by atoms with Crippen molar-refractivity contribution in [3.63, 3.8) is 0 Å². The molecule has 1 amide bonds. The van der Waals surface area contributed by atoms with Crippen LogP contribution in [-0.4, -0.2) is 5.91 Å². The minimum absolute atomic E-state index is 0.329. The Labute approximate surface area is 116 Å². The van der Waals surface area contributed by atoms with Crippen LogP contribution in [0.25, 0.3) is 0 Å². The molecule has 2 aromatic rings. The Kier molecular flexibility index (Phi) is 4.39. The highest BCUT2D eigenvalue weighted by Gasteiger charge is 2.04. The fourth-order valence-corrected chi connectivity index (χ4v) is 1.79. The van der Waals surface area contributed by atoms with E-state index in [2.05, 4.69) is 5.43 Å². The SMILES string of the molecule is NNC(=O)c1cccc(COc2cccc(Cl)c2)c1. The molecule has 0 aliphatic carbocycles. The molecule has 0 bridgehead atoms. The number of amides is 1. The third-order valence-electron chi connectivity index (χ3n) is 2.52. The summed E-state index contributed by atoms with van der Waals surface area (Å²) >= 11 is 5.87. The number of rotatable bonds is 4. The van der Waals surface area contributed by atoms with E-state index in [1.54, 1.807) is 30.3 Å². The van der Waals surface area contributed by atoms with Gasteiger partial charge in [-0.15, -0.1) is 0 Å². The van der Waals surface area contributed by atoms with Crippen LogP contribution in [0.2, 0.25) is 5.02 Å². The van der Waals surface area contributed by atoms with Gasteiger partial charge in [-0.25, -0.2) is 5.84 Å². The summed E-state index contributed by atoms with van der Waals surface area (Å²) < 4.78 is 5.59. The highest BCUT2D eigenvalue weighted by Crippen LogP contribution is 2.18. The Morgan fingerprint density at radius 2 is 2.00 bits per heavy atom. The van der Waals surface area contributed by atoms with Crippen molar-refractivity contribution in [1.29, 1.82) is 0 Å². The Morgan fingerprint density at radius 3 is 2.74 bits per heavy atom. The van der Waals surface area contributed by atoms with Crippen LogP contribution in [0.1, 0.15) is 15.9 Å². The molecule has 0 fully saturated rings. The Bertz CT molecular complexity index is 587. The van der Waals surface area contributed by atoms with E-state index >= 15 is 0 Å². The second-order valence-corrected chi connectivity index (χ2v) is 4.36. The van der Waals surface area contributed by atoms with Crippen molar-refractivity contribution in [2.45, 2.75) is 6.61 Å². The molecule has 0 heterocycles. The van der Waals surface area contributed by atoms with Crippen molar-refractivity contribution in [1.82, 2.24) is 5.43 Å². The van der Waals surface area contributed by atoms with Crippen molar-refractivity contribution >= 4 is 17.5 Å². The van der Waals surface area contributed by atoms with Gasteiger partial charge in [0.2, 0.25) is 0 Å². The van der Waals surface area contributed by atoms with Gasteiger partial charge in [0.1, 0.15) is 12.4 Å². The molecular weight excluding hydrogens is 264 g/mol. The fourth-order valence-electron chi connectivity index (χ4n) is 1.61. The van der Waals surface area contributed by atoms with Gasteiger partial charge in [-0.05, 0) is 35.9 Å². The molecule has 0 saturated heterocycles. The quantitative estimate of drug-likeness (QED) is 0.512. The van der Waals surface area contributed by atoms with Crippen LogP contribution >= 0.6 is 11.6 Å². The molecule has 19 heavy (non-hydrogen) atoms. The van der Waals surface area contributed by atoms with Gasteiger partial charge in [-0.2, -0.15) is 0 Å². The number of nitrogen functional groups attached to an aromatic ring is 1. The number of hydrogen-bond donors (Lipinski definition) is 2. The lowest BCUT2D eigenvalue weighted by Gasteiger charge is -2.07. The summed E-state index contributed by atoms with van der Waals surface area (Å²) in [5.41, 5.74) is 3.46. The molecule has 5 heteroatoms. The maximum absolute atomic E-state index is 11.4. The molecule has 4 nitrogen and oxygen atoms in total. The molecule has 98 valence electrons. The first-order valence-corrected chi connectivity index (χ1v) is 6.05. The number of benzene rings is 2. The van der Waals surface area contributed by atoms with Gasteiger partial charge in [0.15, 0.2) is 0 Å². The second kappa shape index (κ2) is 6.22. The van der Waals surface area contributed by atoms with Crippen LogP contribution in [0.15, 0.2) is 48.5 Å². The number of hydrazine groups is 1. The smallest absolute Gasteiger partial charge is 0.265 e. The van der Waals surface area contributed by atoms with E-state index in [0.717, 1.165) is 5.56 Å². The van der Waals surface area contributed by atoms with Gasteiger partial charge in [0, 0.05) is 10.6 Å². The van der Waals surface area contributed by atoms with Crippen LogP contribution in [-0.2, 0) is 6.61 Å². The van der Waals surface area contributed by atoms with Gasteiger partial charge in [-0.3, -0.25) is 10.2 Å². The first-order chi connectivity index (χ1) is 9.19. The molecule has 0 aliphatic rings. The largest absolute Gasteiger partial charge is 0.489 e. The lowest BCUT2D eigenvalue weighted by Crippen LogP contribution is -2.30. The molecule has 0 aliphatic heterocycles. The predicted molar refractivity (Wildman–Crippen MR) is 73.9 cm³/mol. The molecule has 2 rings (SSSR count). The van der Waals surface area contributed by atoms with Gasteiger partial charge in [0.25, 0.3) is 5.91 Å². The average Bonchev–Trinajstić information content (AvgIpc) is 2.45. The van der Waals surface area contributed by atoms with Crippen LogP contribution in [0, 0.1) is 0 Å². The zero-order valence-corrected chi connectivity index (χ0v) is 10.9. The highest BCUT2D eigenvalue weighted by molar-refractivity contribution is 6.30. The number of nitrogens with two attached hydrogens (primary N) is 1. The predicted octanol–water partition coefficient (Wildman–Crippen LogP) is 2.52. The van der Waals surface area contributed by atoms with E-state index in [4.69, 9.17) is 22.2 Å². The molecule has 0 saturated carbocycles. The summed E-state index contributed by atoms with van der Waals surface area (Å²) in [5, 5.41) is 0.619. The average molecular weight is 277 g/mol. The monoisotopic (exact) mass is 276 g/mol. The van der Waals surface area contributed by atoms with E-state index in [0.29, 0.717) is 22.9 Å². The van der Waals surface area contributed by atoms with Crippen LogP contribution in [0.5, 0.6) is 5.75 Å². The summed E-state index contributed by atoms with van der Waals surface area (Å²) in [6.07, 6.45) is 0. The summed E-state index contributed by atoms with van der Waals surface area (Å²) in [7, 11) is 0. The molecule has 0 radical (unpaired) electrons. The normalized spacial score (nSPS) is 10.0. The minimum atomic E-state index is -0.329. The summed E-state index contributed by atoms with van der Waals surface area (Å²) in [6, 6.07) is 14.2. The Hall–Kier alpha value is -2.04. The molecule has 2 aromatic carbocycles. The fraction of sp³-hybridized carbons (Fsp3) is 0.0714. The van der Waals surface area contributed by atoms with E-state index in [1.165, 1.54) is 0 Å². The molecule has 0 aromatic heterocycles. The first kappa shape index (κ1) is 13.4. The summed E-state index contributed by atoms with van der Waals surface area (Å²) in [4.78, 5) is 11.4. The number of carbonyl (C=O) groups is 1. The van der Waals surface area contributed by atoms with Gasteiger partial charge in [-0.1, -0.05) is 29.8 Å². The van der Waals surface area contributed by atoms with Gasteiger partial charge < -0.3 is 4.74 Å². The zero-order chi connectivity index (χ0) is 13.7. The minimum Gasteiger partial charge on any atom is -0.489 e. The third-order valence-corrected chi connectivity index (χ3v) is 2.76. The van der Waals surface area contributed by atoms with Crippen LogP contribution in [0.3, 0.4) is 0 Å². The molecule has 0 spiro atoms. The van der Waals surface area contributed by atoms with Crippen molar-refractivity contribution in [3.8, 4) is 5.75 Å². The van der Waals surface area contributed by atoms with Crippen LogP contribution < -0.4 is 16.0 Å². The van der Waals surface area contributed by atoms with Crippen molar-refractivity contribution < 1.29 is 9.53 Å². The molecule has 0 atom stereocenters. The molecular formula is C14H13ClN2O2.